The Morgan fingerprint density at radius 3 is 2.74 bits per heavy atom. The van der Waals surface area contributed by atoms with Gasteiger partial charge >= 0.3 is 0 Å². The van der Waals surface area contributed by atoms with Crippen LogP contribution in [0.2, 0.25) is 0 Å². The summed E-state index contributed by atoms with van der Waals surface area (Å²) in [7, 11) is 0. The lowest BCUT2D eigenvalue weighted by atomic mass is 9.98. The molecule has 0 aliphatic heterocycles. The van der Waals surface area contributed by atoms with Crippen molar-refractivity contribution in [3.63, 3.8) is 0 Å². The van der Waals surface area contributed by atoms with Gasteiger partial charge in [0.05, 0.1) is 0 Å². The topological polar surface area (TPSA) is 94.0 Å². The standard InChI is InChI=1S/C13H16N4O2/c1-9(10-5-3-2-4-6-10)7-8-15-13(18)11-12(14)17-19-16-11/h2-6,9H,7-8H2,1H3,(H2,14,17)(H,15,18). The van der Waals surface area contributed by atoms with Crippen molar-refractivity contribution in [3.05, 3.63) is 41.6 Å². The van der Waals surface area contributed by atoms with Gasteiger partial charge < -0.3 is 11.1 Å². The number of nitrogens with one attached hydrogen (secondary N) is 1. The van der Waals surface area contributed by atoms with Crippen molar-refractivity contribution in [1.29, 1.82) is 0 Å². The van der Waals surface area contributed by atoms with Gasteiger partial charge in [0.15, 0.2) is 0 Å². The van der Waals surface area contributed by atoms with E-state index in [0.717, 1.165) is 6.42 Å². The number of carbonyl (C=O) groups excluding carboxylic acids is 1. The summed E-state index contributed by atoms with van der Waals surface area (Å²) >= 11 is 0. The number of nitrogen functional groups attached to an aromatic ring is 1. The normalized spacial score (nSPS) is 12.1. The van der Waals surface area contributed by atoms with Crippen LogP contribution in [0.1, 0.15) is 35.3 Å². The van der Waals surface area contributed by atoms with Crippen molar-refractivity contribution in [2.24, 2.45) is 0 Å². The Morgan fingerprint density at radius 1 is 1.37 bits per heavy atom. The van der Waals surface area contributed by atoms with Gasteiger partial charge in [-0.3, -0.25) is 4.79 Å². The molecule has 0 aliphatic carbocycles. The minimum absolute atomic E-state index is 0.00797. The van der Waals surface area contributed by atoms with Crippen LogP contribution in [0.3, 0.4) is 0 Å². The van der Waals surface area contributed by atoms with Gasteiger partial charge in [-0.15, -0.1) is 0 Å². The number of benzene rings is 1. The van der Waals surface area contributed by atoms with E-state index in [1.807, 2.05) is 18.2 Å². The van der Waals surface area contributed by atoms with Crippen LogP contribution in [0.4, 0.5) is 5.82 Å². The first-order valence-electron chi connectivity index (χ1n) is 6.09. The molecule has 1 unspecified atom stereocenters. The summed E-state index contributed by atoms with van der Waals surface area (Å²) in [5.41, 5.74) is 6.72. The minimum Gasteiger partial charge on any atom is -0.379 e. The summed E-state index contributed by atoms with van der Waals surface area (Å²) in [6, 6.07) is 10.1. The molecule has 100 valence electrons. The average molecular weight is 260 g/mol. The summed E-state index contributed by atoms with van der Waals surface area (Å²) in [4.78, 5) is 11.7. The zero-order valence-electron chi connectivity index (χ0n) is 10.7. The molecule has 2 rings (SSSR count). The Bertz CT molecular complexity index is 539. The Hall–Kier alpha value is -2.37. The fourth-order valence-electron chi connectivity index (χ4n) is 1.79. The van der Waals surface area contributed by atoms with Gasteiger partial charge in [-0.1, -0.05) is 37.3 Å². The van der Waals surface area contributed by atoms with Gasteiger partial charge in [-0.25, -0.2) is 4.63 Å². The van der Waals surface area contributed by atoms with Crippen molar-refractivity contribution in [2.45, 2.75) is 19.3 Å². The molecule has 3 N–H and O–H groups in total. The van der Waals surface area contributed by atoms with Crippen LogP contribution >= 0.6 is 0 Å². The molecule has 19 heavy (non-hydrogen) atoms. The maximum absolute atomic E-state index is 11.7. The molecule has 0 radical (unpaired) electrons. The van der Waals surface area contributed by atoms with Crippen LogP contribution in [0.15, 0.2) is 35.0 Å². The monoisotopic (exact) mass is 260 g/mol. The first-order valence-corrected chi connectivity index (χ1v) is 6.09. The second kappa shape index (κ2) is 5.99. The first kappa shape index (κ1) is 13.1. The third-order valence-electron chi connectivity index (χ3n) is 2.96. The molecule has 0 fully saturated rings. The van der Waals surface area contributed by atoms with Gasteiger partial charge in [-0.05, 0) is 28.2 Å². The van der Waals surface area contributed by atoms with E-state index in [9.17, 15) is 4.79 Å². The lowest BCUT2D eigenvalue weighted by Gasteiger charge is -2.11. The lowest BCUT2D eigenvalue weighted by molar-refractivity contribution is 0.0943. The molecule has 6 heteroatoms. The fraction of sp³-hybridized carbons (Fsp3) is 0.308. The molecule has 0 aliphatic rings. The molecule has 0 saturated carbocycles. The van der Waals surface area contributed by atoms with Crippen molar-refractivity contribution in [3.8, 4) is 0 Å². The van der Waals surface area contributed by atoms with Crippen LogP contribution in [0.25, 0.3) is 0 Å². The summed E-state index contributed by atoms with van der Waals surface area (Å²) in [5.74, 6) is 0.0156. The summed E-state index contributed by atoms with van der Waals surface area (Å²) in [6.45, 7) is 2.66. The molecule has 1 heterocycles. The third kappa shape index (κ3) is 3.31. The Kier molecular flexibility index (Phi) is 4.12. The number of rotatable bonds is 5. The number of nitrogens with two attached hydrogens (primary N) is 1. The Labute approximate surface area is 111 Å². The maximum Gasteiger partial charge on any atom is 0.277 e. The molecular formula is C13H16N4O2. The molecule has 2 aromatic rings. The van der Waals surface area contributed by atoms with Crippen LogP contribution < -0.4 is 11.1 Å². The maximum atomic E-state index is 11.7. The van der Waals surface area contributed by atoms with E-state index in [2.05, 4.69) is 39.3 Å². The Balaban J connectivity index is 1.81. The van der Waals surface area contributed by atoms with E-state index >= 15 is 0 Å². The highest BCUT2D eigenvalue weighted by molar-refractivity contribution is 5.95. The molecule has 0 spiro atoms. The van der Waals surface area contributed by atoms with E-state index in [-0.39, 0.29) is 17.4 Å². The number of amides is 1. The van der Waals surface area contributed by atoms with Gasteiger partial charge in [0.25, 0.3) is 5.91 Å². The predicted molar refractivity (Wildman–Crippen MR) is 70.5 cm³/mol. The Morgan fingerprint density at radius 2 is 2.11 bits per heavy atom. The molecular weight excluding hydrogens is 244 g/mol. The molecule has 1 aromatic carbocycles. The largest absolute Gasteiger partial charge is 0.379 e. The summed E-state index contributed by atoms with van der Waals surface area (Å²) in [5, 5.41) is 9.55. The van der Waals surface area contributed by atoms with Crippen LogP contribution in [0, 0.1) is 0 Å². The van der Waals surface area contributed by atoms with Gasteiger partial charge in [0, 0.05) is 6.54 Å². The molecule has 1 aromatic heterocycles. The highest BCUT2D eigenvalue weighted by Crippen LogP contribution is 2.17. The first-order chi connectivity index (χ1) is 9.18. The van der Waals surface area contributed by atoms with Crippen molar-refractivity contribution < 1.29 is 9.42 Å². The van der Waals surface area contributed by atoms with E-state index in [1.165, 1.54) is 5.56 Å². The van der Waals surface area contributed by atoms with Crippen molar-refractivity contribution in [2.75, 3.05) is 12.3 Å². The van der Waals surface area contributed by atoms with Crippen LogP contribution in [-0.2, 0) is 0 Å². The molecule has 1 amide bonds. The summed E-state index contributed by atoms with van der Waals surface area (Å²) in [6.07, 6.45) is 0.834. The quantitative estimate of drug-likeness (QED) is 0.851. The molecule has 6 nitrogen and oxygen atoms in total. The minimum atomic E-state index is -0.362. The zero-order chi connectivity index (χ0) is 13.7. The number of carbonyl (C=O) groups is 1. The predicted octanol–water partition coefficient (Wildman–Crippen LogP) is 1.58. The smallest absolute Gasteiger partial charge is 0.277 e. The number of anilines is 1. The highest BCUT2D eigenvalue weighted by Gasteiger charge is 2.15. The van der Waals surface area contributed by atoms with Gasteiger partial charge in [0.2, 0.25) is 11.5 Å². The molecule has 0 bridgehead atoms. The average Bonchev–Trinajstić information content (AvgIpc) is 2.86. The molecule has 0 saturated heterocycles. The third-order valence-corrected chi connectivity index (χ3v) is 2.96. The SMILES string of the molecule is CC(CCNC(=O)c1nonc1N)c1ccccc1. The number of hydrogen-bond acceptors (Lipinski definition) is 5. The second-order valence-corrected chi connectivity index (χ2v) is 4.35. The van der Waals surface area contributed by atoms with Crippen molar-refractivity contribution >= 4 is 11.7 Å². The number of hydrogen-bond donors (Lipinski definition) is 2. The highest BCUT2D eigenvalue weighted by atomic mass is 16.6. The number of aromatic nitrogens is 2. The summed E-state index contributed by atoms with van der Waals surface area (Å²) < 4.78 is 4.38. The van der Waals surface area contributed by atoms with Gasteiger partial charge in [-0.2, -0.15) is 0 Å². The molecule has 1 atom stereocenters. The van der Waals surface area contributed by atoms with Gasteiger partial charge in [0.1, 0.15) is 0 Å². The van der Waals surface area contributed by atoms with Crippen LogP contribution in [-0.4, -0.2) is 22.8 Å². The number of nitrogens with zero attached hydrogens (tertiary/aromatic N) is 2. The van der Waals surface area contributed by atoms with E-state index in [1.54, 1.807) is 0 Å². The lowest BCUT2D eigenvalue weighted by Crippen LogP contribution is -2.26. The van der Waals surface area contributed by atoms with Crippen molar-refractivity contribution in [1.82, 2.24) is 15.6 Å². The van der Waals surface area contributed by atoms with E-state index in [0.29, 0.717) is 12.5 Å². The van der Waals surface area contributed by atoms with E-state index < -0.39 is 0 Å². The fourth-order valence-corrected chi connectivity index (χ4v) is 1.79. The second-order valence-electron chi connectivity index (χ2n) is 4.35. The van der Waals surface area contributed by atoms with E-state index in [4.69, 9.17) is 5.73 Å². The zero-order valence-corrected chi connectivity index (χ0v) is 10.7. The van der Waals surface area contributed by atoms with Crippen LogP contribution in [0.5, 0.6) is 0 Å².